The Balaban J connectivity index is 2.29. The van der Waals surface area contributed by atoms with Gasteiger partial charge < -0.3 is 15.7 Å². The van der Waals surface area contributed by atoms with Crippen molar-refractivity contribution in [1.29, 1.82) is 0 Å². The first-order valence-corrected chi connectivity index (χ1v) is 7.63. The summed E-state index contributed by atoms with van der Waals surface area (Å²) in [7, 11) is 0. The highest BCUT2D eigenvalue weighted by Gasteiger charge is 2.34. The van der Waals surface area contributed by atoms with Gasteiger partial charge in [0.25, 0.3) is 0 Å². The topological polar surface area (TPSA) is 61.4 Å². The minimum atomic E-state index is -0.352. The molecule has 4 heteroatoms. The predicted molar refractivity (Wildman–Crippen MR) is 78.0 cm³/mol. The molecule has 1 aliphatic carbocycles. The van der Waals surface area contributed by atoms with Gasteiger partial charge in [0, 0.05) is 12.5 Å². The molecular weight excluding hydrogens is 240 g/mol. The summed E-state index contributed by atoms with van der Waals surface area (Å²) in [6, 6.07) is 0.465. The molecule has 3 N–H and O–H groups in total. The maximum atomic E-state index is 12.0. The fourth-order valence-electron chi connectivity index (χ4n) is 2.64. The molecule has 1 rings (SSSR count). The number of aliphatic hydroxyl groups is 1. The number of carbonyl (C=O) groups excluding carboxylic acids is 1. The van der Waals surface area contributed by atoms with Crippen molar-refractivity contribution in [2.45, 2.75) is 70.9 Å². The number of rotatable bonds is 7. The lowest BCUT2D eigenvalue weighted by molar-refractivity contribution is -0.124. The van der Waals surface area contributed by atoms with Crippen LogP contribution in [0.2, 0.25) is 0 Å². The molecule has 0 atom stereocenters. The third-order valence-corrected chi connectivity index (χ3v) is 4.07. The average molecular weight is 270 g/mol. The molecule has 0 radical (unpaired) electrons. The van der Waals surface area contributed by atoms with E-state index >= 15 is 0 Å². The molecular formula is C15H30N2O2. The summed E-state index contributed by atoms with van der Waals surface area (Å²) in [4.78, 5) is 12.0. The molecule has 0 aromatic carbocycles. The monoisotopic (exact) mass is 270 g/mol. The van der Waals surface area contributed by atoms with E-state index in [9.17, 15) is 9.90 Å². The highest BCUT2D eigenvalue weighted by atomic mass is 16.3. The molecule has 19 heavy (non-hydrogen) atoms. The van der Waals surface area contributed by atoms with Crippen LogP contribution in [-0.2, 0) is 4.79 Å². The Hall–Kier alpha value is -0.610. The summed E-state index contributed by atoms with van der Waals surface area (Å²) >= 11 is 0. The van der Waals surface area contributed by atoms with Crippen molar-refractivity contribution in [2.75, 3.05) is 13.2 Å². The summed E-state index contributed by atoms with van der Waals surface area (Å²) in [5.41, 5.74) is -0.352. The summed E-state index contributed by atoms with van der Waals surface area (Å²) < 4.78 is 0. The van der Waals surface area contributed by atoms with E-state index in [-0.39, 0.29) is 18.1 Å². The van der Waals surface area contributed by atoms with Crippen LogP contribution in [-0.4, -0.2) is 35.7 Å². The van der Waals surface area contributed by atoms with Crippen molar-refractivity contribution in [2.24, 2.45) is 5.92 Å². The van der Waals surface area contributed by atoms with Crippen LogP contribution in [0.15, 0.2) is 0 Å². The zero-order valence-corrected chi connectivity index (χ0v) is 12.7. The van der Waals surface area contributed by atoms with Gasteiger partial charge in [-0.05, 0) is 44.6 Å². The number of hydrogen-bond acceptors (Lipinski definition) is 3. The van der Waals surface area contributed by atoms with Gasteiger partial charge in [-0.3, -0.25) is 4.79 Å². The predicted octanol–water partition coefficient (Wildman–Crippen LogP) is 1.82. The van der Waals surface area contributed by atoms with Crippen LogP contribution < -0.4 is 10.6 Å². The van der Waals surface area contributed by atoms with Crippen molar-refractivity contribution in [3.63, 3.8) is 0 Å². The Morgan fingerprint density at radius 2 is 2.00 bits per heavy atom. The molecule has 0 saturated heterocycles. The van der Waals surface area contributed by atoms with E-state index in [1.54, 1.807) is 0 Å². The molecule has 0 aliphatic heterocycles. The van der Waals surface area contributed by atoms with Crippen molar-refractivity contribution in [3.05, 3.63) is 0 Å². The zero-order valence-electron chi connectivity index (χ0n) is 12.7. The summed E-state index contributed by atoms with van der Waals surface area (Å²) in [5.74, 6) is 0.793. The molecule has 0 bridgehead atoms. The van der Waals surface area contributed by atoms with Gasteiger partial charge in [-0.25, -0.2) is 0 Å². The van der Waals surface area contributed by atoms with Gasteiger partial charge in [0.2, 0.25) is 5.91 Å². The molecule has 4 nitrogen and oxygen atoms in total. The van der Waals surface area contributed by atoms with E-state index in [0.29, 0.717) is 18.4 Å². The third kappa shape index (κ3) is 5.91. The molecule has 1 aliphatic rings. The van der Waals surface area contributed by atoms with Gasteiger partial charge in [-0.15, -0.1) is 0 Å². The first kappa shape index (κ1) is 16.4. The quantitative estimate of drug-likeness (QED) is 0.618. The van der Waals surface area contributed by atoms with Gasteiger partial charge in [-0.1, -0.05) is 20.8 Å². The Morgan fingerprint density at radius 3 is 2.53 bits per heavy atom. The summed E-state index contributed by atoms with van der Waals surface area (Å²) in [6.07, 6.45) is 5.38. The fraction of sp³-hybridized carbons (Fsp3) is 0.933. The Kier molecular flexibility index (Phi) is 6.80. The van der Waals surface area contributed by atoms with Crippen LogP contribution in [0.5, 0.6) is 0 Å². The lowest BCUT2D eigenvalue weighted by Crippen LogP contribution is -2.53. The van der Waals surface area contributed by atoms with E-state index in [2.05, 4.69) is 31.4 Å². The van der Waals surface area contributed by atoms with Crippen LogP contribution in [0, 0.1) is 5.92 Å². The molecule has 1 saturated carbocycles. The van der Waals surface area contributed by atoms with E-state index in [1.165, 1.54) is 0 Å². The van der Waals surface area contributed by atoms with Crippen molar-refractivity contribution in [3.8, 4) is 0 Å². The SMILES string of the molecule is CC1CCC(CO)(NC(=O)CCCNC(C)C)CC1. The molecule has 112 valence electrons. The summed E-state index contributed by atoms with van der Waals surface area (Å²) in [6.45, 7) is 7.37. The normalized spacial score (nSPS) is 27.5. The molecule has 0 heterocycles. The zero-order chi connectivity index (χ0) is 14.3. The van der Waals surface area contributed by atoms with E-state index in [0.717, 1.165) is 38.6 Å². The number of carbonyl (C=O) groups is 1. The Bertz CT molecular complexity index is 271. The highest BCUT2D eigenvalue weighted by Crippen LogP contribution is 2.31. The second-order valence-electron chi connectivity index (χ2n) is 6.38. The minimum Gasteiger partial charge on any atom is -0.394 e. The number of amides is 1. The van der Waals surface area contributed by atoms with Crippen molar-refractivity contribution >= 4 is 5.91 Å². The number of hydrogen-bond donors (Lipinski definition) is 3. The molecule has 0 aromatic heterocycles. The Morgan fingerprint density at radius 1 is 1.37 bits per heavy atom. The number of aliphatic hydroxyl groups excluding tert-OH is 1. The van der Waals surface area contributed by atoms with Gasteiger partial charge in [0.15, 0.2) is 0 Å². The summed E-state index contributed by atoms with van der Waals surface area (Å²) in [5, 5.41) is 16.0. The first-order chi connectivity index (χ1) is 8.97. The molecule has 1 fully saturated rings. The van der Waals surface area contributed by atoms with Crippen LogP contribution in [0.1, 0.15) is 59.3 Å². The van der Waals surface area contributed by atoms with Crippen LogP contribution in [0.25, 0.3) is 0 Å². The van der Waals surface area contributed by atoms with Crippen LogP contribution >= 0.6 is 0 Å². The average Bonchev–Trinajstić information content (AvgIpc) is 2.38. The fourth-order valence-corrected chi connectivity index (χ4v) is 2.64. The van der Waals surface area contributed by atoms with E-state index in [4.69, 9.17) is 0 Å². The second kappa shape index (κ2) is 7.85. The van der Waals surface area contributed by atoms with Gasteiger partial charge >= 0.3 is 0 Å². The van der Waals surface area contributed by atoms with Crippen molar-refractivity contribution < 1.29 is 9.90 Å². The Labute approximate surface area is 117 Å². The van der Waals surface area contributed by atoms with E-state index < -0.39 is 0 Å². The standard InChI is InChI=1S/C15H30N2O2/c1-12(2)16-10-4-5-14(19)17-15(11-18)8-6-13(3)7-9-15/h12-13,16,18H,4-11H2,1-3H3,(H,17,19). The molecule has 0 aromatic rings. The molecule has 1 amide bonds. The smallest absolute Gasteiger partial charge is 0.220 e. The lowest BCUT2D eigenvalue weighted by atomic mass is 9.77. The van der Waals surface area contributed by atoms with Gasteiger partial charge in [0.05, 0.1) is 12.1 Å². The second-order valence-corrected chi connectivity index (χ2v) is 6.38. The molecule has 0 spiro atoms. The van der Waals surface area contributed by atoms with E-state index in [1.807, 2.05) is 0 Å². The van der Waals surface area contributed by atoms with Crippen molar-refractivity contribution in [1.82, 2.24) is 10.6 Å². The van der Waals surface area contributed by atoms with Crippen LogP contribution in [0.4, 0.5) is 0 Å². The lowest BCUT2D eigenvalue weighted by Gasteiger charge is -2.38. The minimum absolute atomic E-state index is 0.0652. The van der Waals surface area contributed by atoms with Gasteiger partial charge in [0.1, 0.15) is 0 Å². The highest BCUT2D eigenvalue weighted by molar-refractivity contribution is 5.76. The third-order valence-electron chi connectivity index (χ3n) is 4.07. The number of nitrogens with one attached hydrogen (secondary N) is 2. The molecule has 0 unspecified atom stereocenters. The maximum absolute atomic E-state index is 12.0. The largest absolute Gasteiger partial charge is 0.394 e. The van der Waals surface area contributed by atoms with Gasteiger partial charge in [-0.2, -0.15) is 0 Å². The maximum Gasteiger partial charge on any atom is 0.220 e. The first-order valence-electron chi connectivity index (χ1n) is 7.63. The van der Waals surface area contributed by atoms with Crippen LogP contribution in [0.3, 0.4) is 0 Å².